The van der Waals surface area contributed by atoms with Gasteiger partial charge in [0.1, 0.15) is 5.75 Å². The quantitative estimate of drug-likeness (QED) is 0.900. The molecule has 0 atom stereocenters. The third-order valence-corrected chi connectivity index (χ3v) is 4.00. The van der Waals surface area contributed by atoms with Crippen LogP contribution in [0.15, 0.2) is 18.2 Å². The zero-order valence-electron chi connectivity index (χ0n) is 12.6. The lowest BCUT2D eigenvalue weighted by Crippen LogP contribution is -2.47. The molecular formula is C16H26N2O. The highest BCUT2D eigenvalue weighted by Gasteiger charge is 2.25. The van der Waals surface area contributed by atoms with Crippen molar-refractivity contribution in [2.24, 2.45) is 0 Å². The molecule has 0 aliphatic carbocycles. The maximum absolute atomic E-state index is 5.34. The van der Waals surface area contributed by atoms with Gasteiger partial charge in [-0.25, -0.2) is 0 Å². The zero-order valence-corrected chi connectivity index (χ0v) is 12.6. The summed E-state index contributed by atoms with van der Waals surface area (Å²) >= 11 is 0. The molecule has 0 aromatic heterocycles. The molecule has 1 N–H and O–H groups in total. The summed E-state index contributed by atoms with van der Waals surface area (Å²) in [6.45, 7) is 12.4. The Labute approximate surface area is 116 Å². The van der Waals surface area contributed by atoms with Gasteiger partial charge >= 0.3 is 0 Å². The van der Waals surface area contributed by atoms with E-state index in [1.54, 1.807) is 7.11 Å². The molecule has 0 unspecified atom stereocenters. The third kappa shape index (κ3) is 3.48. The molecule has 3 heteroatoms. The molecule has 1 saturated heterocycles. The SMILES string of the molecule is COc1ccc(C(C)(C)CN2CCNCC2)cc1C. The van der Waals surface area contributed by atoms with Crippen LogP contribution in [-0.4, -0.2) is 44.7 Å². The van der Waals surface area contributed by atoms with Crippen molar-refractivity contribution in [1.82, 2.24) is 10.2 Å². The molecule has 19 heavy (non-hydrogen) atoms. The number of nitrogens with one attached hydrogen (secondary N) is 1. The second-order valence-corrected chi connectivity index (χ2v) is 6.09. The topological polar surface area (TPSA) is 24.5 Å². The lowest BCUT2D eigenvalue weighted by atomic mass is 9.83. The molecule has 1 aromatic rings. The lowest BCUT2D eigenvalue weighted by molar-refractivity contribution is 0.200. The number of piperazine rings is 1. The molecule has 1 heterocycles. The Hall–Kier alpha value is -1.06. The summed E-state index contributed by atoms with van der Waals surface area (Å²) in [5, 5.41) is 3.41. The lowest BCUT2D eigenvalue weighted by Gasteiger charge is -2.35. The van der Waals surface area contributed by atoms with Crippen molar-refractivity contribution in [3.05, 3.63) is 29.3 Å². The predicted octanol–water partition coefficient (Wildman–Crippen LogP) is 2.19. The van der Waals surface area contributed by atoms with E-state index in [1.165, 1.54) is 11.1 Å². The molecule has 1 aliphatic heterocycles. The van der Waals surface area contributed by atoms with Crippen molar-refractivity contribution >= 4 is 0 Å². The number of rotatable bonds is 4. The molecule has 1 aromatic carbocycles. The summed E-state index contributed by atoms with van der Waals surface area (Å²) < 4.78 is 5.34. The monoisotopic (exact) mass is 262 g/mol. The summed E-state index contributed by atoms with van der Waals surface area (Å²) in [4.78, 5) is 2.55. The van der Waals surface area contributed by atoms with Crippen LogP contribution in [0.25, 0.3) is 0 Å². The number of aryl methyl sites for hydroxylation is 1. The van der Waals surface area contributed by atoms with Gasteiger partial charge in [0, 0.05) is 38.1 Å². The Morgan fingerprint density at radius 3 is 2.53 bits per heavy atom. The minimum Gasteiger partial charge on any atom is -0.496 e. The fourth-order valence-corrected chi connectivity index (χ4v) is 2.82. The van der Waals surface area contributed by atoms with Crippen LogP contribution in [-0.2, 0) is 5.41 Å². The highest BCUT2D eigenvalue weighted by molar-refractivity contribution is 5.39. The molecule has 2 rings (SSSR count). The average molecular weight is 262 g/mol. The minimum atomic E-state index is 0.175. The fraction of sp³-hybridized carbons (Fsp3) is 0.625. The Bertz CT molecular complexity index is 423. The Balaban J connectivity index is 2.11. The average Bonchev–Trinajstić information content (AvgIpc) is 2.39. The van der Waals surface area contributed by atoms with E-state index >= 15 is 0 Å². The van der Waals surface area contributed by atoms with E-state index in [9.17, 15) is 0 Å². The Kier molecular flexibility index (Phi) is 4.48. The van der Waals surface area contributed by atoms with Crippen LogP contribution in [0.1, 0.15) is 25.0 Å². The molecule has 0 amide bonds. The van der Waals surface area contributed by atoms with Crippen LogP contribution in [0.3, 0.4) is 0 Å². The first-order chi connectivity index (χ1) is 9.03. The maximum Gasteiger partial charge on any atom is 0.121 e. The summed E-state index contributed by atoms with van der Waals surface area (Å²) in [6.07, 6.45) is 0. The van der Waals surface area contributed by atoms with Crippen molar-refractivity contribution in [3.8, 4) is 5.75 Å². The van der Waals surface area contributed by atoms with Gasteiger partial charge < -0.3 is 10.1 Å². The molecule has 1 aliphatic rings. The predicted molar refractivity (Wildman–Crippen MR) is 80.1 cm³/mol. The van der Waals surface area contributed by atoms with E-state index in [1.807, 2.05) is 0 Å². The number of methoxy groups -OCH3 is 1. The first-order valence-corrected chi connectivity index (χ1v) is 7.11. The molecular weight excluding hydrogens is 236 g/mol. The highest BCUT2D eigenvalue weighted by atomic mass is 16.5. The maximum atomic E-state index is 5.34. The number of hydrogen-bond acceptors (Lipinski definition) is 3. The molecule has 1 fully saturated rings. The van der Waals surface area contributed by atoms with Gasteiger partial charge in [0.15, 0.2) is 0 Å². The van der Waals surface area contributed by atoms with Gasteiger partial charge in [-0.2, -0.15) is 0 Å². The van der Waals surface area contributed by atoms with Crippen LogP contribution < -0.4 is 10.1 Å². The molecule has 0 spiro atoms. The number of ether oxygens (including phenoxy) is 1. The van der Waals surface area contributed by atoms with Gasteiger partial charge in [0.2, 0.25) is 0 Å². The normalized spacial score (nSPS) is 17.5. The molecule has 3 nitrogen and oxygen atoms in total. The van der Waals surface area contributed by atoms with Crippen molar-refractivity contribution in [3.63, 3.8) is 0 Å². The number of hydrogen-bond donors (Lipinski definition) is 1. The highest BCUT2D eigenvalue weighted by Crippen LogP contribution is 2.28. The van der Waals surface area contributed by atoms with Gasteiger partial charge in [-0.1, -0.05) is 26.0 Å². The summed E-state index contributed by atoms with van der Waals surface area (Å²) in [5.74, 6) is 0.974. The van der Waals surface area contributed by atoms with Crippen molar-refractivity contribution in [1.29, 1.82) is 0 Å². The number of nitrogens with zero attached hydrogens (tertiary/aromatic N) is 1. The number of benzene rings is 1. The van der Waals surface area contributed by atoms with Gasteiger partial charge in [-0.3, -0.25) is 4.90 Å². The molecule has 106 valence electrons. The van der Waals surface area contributed by atoms with Gasteiger partial charge in [0.05, 0.1) is 7.11 Å². The van der Waals surface area contributed by atoms with Crippen LogP contribution in [0.2, 0.25) is 0 Å². The van der Waals surface area contributed by atoms with Gasteiger partial charge in [-0.05, 0) is 24.1 Å². The standard InChI is InChI=1S/C16H26N2O/c1-13-11-14(5-6-15(13)19-4)16(2,3)12-18-9-7-17-8-10-18/h5-6,11,17H,7-10,12H2,1-4H3. The summed E-state index contributed by atoms with van der Waals surface area (Å²) in [6, 6.07) is 6.55. The first kappa shape index (κ1) is 14.4. The fourth-order valence-electron chi connectivity index (χ4n) is 2.82. The minimum absolute atomic E-state index is 0.175. The van der Waals surface area contributed by atoms with Crippen molar-refractivity contribution < 1.29 is 4.74 Å². The van der Waals surface area contributed by atoms with E-state index in [0.29, 0.717) is 0 Å². The smallest absolute Gasteiger partial charge is 0.121 e. The zero-order chi connectivity index (χ0) is 13.9. The van der Waals surface area contributed by atoms with Gasteiger partial charge in [0.25, 0.3) is 0 Å². The van der Waals surface area contributed by atoms with E-state index < -0.39 is 0 Å². The third-order valence-electron chi connectivity index (χ3n) is 4.00. The first-order valence-electron chi connectivity index (χ1n) is 7.11. The van der Waals surface area contributed by atoms with Crippen LogP contribution >= 0.6 is 0 Å². The van der Waals surface area contributed by atoms with E-state index in [-0.39, 0.29) is 5.41 Å². The van der Waals surface area contributed by atoms with Gasteiger partial charge in [-0.15, -0.1) is 0 Å². The van der Waals surface area contributed by atoms with E-state index in [2.05, 4.69) is 49.2 Å². The van der Waals surface area contributed by atoms with E-state index in [4.69, 9.17) is 4.74 Å². The van der Waals surface area contributed by atoms with Crippen LogP contribution in [0.5, 0.6) is 5.75 Å². The molecule has 0 radical (unpaired) electrons. The largest absolute Gasteiger partial charge is 0.496 e. The molecule has 0 saturated carbocycles. The molecule has 0 bridgehead atoms. The van der Waals surface area contributed by atoms with Crippen LogP contribution in [0.4, 0.5) is 0 Å². The summed E-state index contributed by atoms with van der Waals surface area (Å²) in [7, 11) is 1.73. The van der Waals surface area contributed by atoms with Crippen LogP contribution in [0, 0.1) is 6.92 Å². The van der Waals surface area contributed by atoms with Crippen molar-refractivity contribution in [2.45, 2.75) is 26.2 Å². The second-order valence-electron chi connectivity index (χ2n) is 6.09. The Morgan fingerprint density at radius 1 is 1.26 bits per heavy atom. The van der Waals surface area contributed by atoms with Crippen molar-refractivity contribution in [2.75, 3.05) is 39.8 Å². The second kappa shape index (κ2) is 5.93. The Morgan fingerprint density at radius 2 is 1.95 bits per heavy atom. The van der Waals surface area contributed by atoms with E-state index in [0.717, 1.165) is 38.5 Å². The summed E-state index contributed by atoms with van der Waals surface area (Å²) in [5.41, 5.74) is 2.78.